The van der Waals surface area contributed by atoms with Crippen LogP contribution in [0.3, 0.4) is 0 Å². The molecular weight excluding hydrogens is 416 g/mol. The van der Waals surface area contributed by atoms with E-state index in [0.29, 0.717) is 37.6 Å². The number of hydrogen-bond acceptors (Lipinski definition) is 5. The third-order valence-corrected chi connectivity index (χ3v) is 10.3. The molecule has 0 radical (unpaired) electrons. The van der Waals surface area contributed by atoms with Crippen LogP contribution in [0.25, 0.3) is 0 Å². The number of methoxy groups -OCH3 is 1. The molecule has 8 heteroatoms. The maximum atomic E-state index is 13.6. The quantitative estimate of drug-likeness (QED) is 0.336. The standard InChI is InChI=1S/C23H35F2N3O2Si/c1-23(2,3)31(5,6)30-14-13-26-16-20-19(21(24)25)11-12-27-22(20)28-15-17-7-9-18(29-4)10-8-17/h7-12,21,26H,13-16H2,1-6H3,(H,27,28). The molecule has 5 nitrogen and oxygen atoms in total. The Morgan fingerprint density at radius 1 is 1.06 bits per heavy atom. The Kier molecular flexibility index (Phi) is 8.97. The fraction of sp³-hybridized carbons (Fsp3) is 0.522. The van der Waals surface area contributed by atoms with Crippen LogP contribution >= 0.6 is 0 Å². The van der Waals surface area contributed by atoms with Crippen LogP contribution in [0.5, 0.6) is 5.75 Å². The topological polar surface area (TPSA) is 55.4 Å². The zero-order chi connectivity index (χ0) is 23.1. The molecule has 2 N–H and O–H groups in total. The lowest BCUT2D eigenvalue weighted by Crippen LogP contribution is -2.42. The van der Waals surface area contributed by atoms with Gasteiger partial charge in [0.05, 0.1) is 7.11 Å². The first-order valence-corrected chi connectivity index (χ1v) is 13.4. The van der Waals surface area contributed by atoms with Gasteiger partial charge in [-0.15, -0.1) is 0 Å². The summed E-state index contributed by atoms with van der Waals surface area (Å²) in [5, 5.41) is 6.58. The molecule has 1 aromatic carbocycles. The second-order valence-electron chi connectivity index (χ2n) is 9.02. The number of aromatic nitrogens is 1. The molecular formula is C23H35F2N3O2Si. The van der Waals surface area contributed by atoms with Gasteiger partial charge in [0.25, 0.3) is 6.43 Å². The van der Waals surface area contributed by atoms with Crippen LogP contribution in [0, 0.1) is 0 Å². The number of benzene rings is 1. The predicted octanol–water partition coefficient (Wildman–Crippen LogP) is 5.75. The van der Waals surface area contributed by atoms with Crippen molar-refractivity contribution in [3.05, 3.63) is 53.2 Å². The van der Waals surface area contributed by atoms with Gasteiger partial charge in [0, 0.05) is 43.6 Å². The molecule has 0 aliphatic carbocycles. The van der Waals surface area contributed by atoms with E-state index in [0.717, 1.165) is 11.3 Å². The van der Waals surface area contributed by atoms with Crippen LogP contribution in [-0.2, 0) is 17.5 Å². The average Bonchev–Trinajstić information content (AvgIpc) is 2.71. The number of nitrogens with zero attached hydrogens (tertiary/aromatic N) is 1. The third-order valence-electron chi connectivity index (χ3n) is 5.80. The van der Waals surface area contributed by atoms with Crippen LogP contribution in [0.1, 0.15) is 43.9 Å². The van der Waals surface area contributed by atoms with Gasteiger partial charge in [-0.1, -0.05) is 32.9 Å². The minimum atomic E-state index is -2.56. The minimum absolute atomic E-state index is 0.00922. The van der Waals surface area contributed by atoms with E-state index in [-0.39, 0.29) is 10.6 Å². The van der Waals surface area contributed by atoms with Crippen LogP contribution in [-0.4, -0.2) is 33.6 Å². The van der Waals surface area contributed by atoms with Crippen molar-refractivity contribution in [3.8, 4) is 5.75 Å². The van der Waals surface area contributed by atoms with E-state index in [1.54, 1.807) is 7.11 Å². The summed E-state index contributed by atoms with van der Waals surface area (Å²) in [6, 6.07) is 8.97. The second-order valence-corrected chi connectivity index (χ2v) is 13.8. The number of ether oxygens (including phenoxy) is 1. The van der Waals surface area contributed by atoms with Crippen molar-refractivity contribution < 1.29 is 17.9 Å². The highest BCUT2D eigenvalue weighted by Gasteiger charge is 2.36. The van der Waals surface area contributed by atoms with Gasteiger partial charge in [0.2, 0.25) is 0 Å². The number of pyridine rings is 1. The van der Waals surface area contributed by atoms with Crippen LogP contribution in [0.2, 0.25) is 18.1 Å². The van der Waals surface area contributed by atoms with Crippen molar-refractivity contribution in [2.75, 3.05) is 25.6 Å². The van der Waals surface area contributed by atoms with Gasteiger partial charge in [0.1, 0.15) is 11.6 Å². The molecule has 0 fully saturated rings. The second kappa shape index (κ2) is 11.0. The summed E-state index contributed by atoms with van der Waals surface area (Å²) in [7, 11) is -0.210. The van der Waals surface area contributed by atoms with Crippen molar-refractivity contribution in [1.29, 1.82) is 0 Å². The largest absolute Gasteiger partial charge is 0.497 e. The number of anilines is 1. The molecule has 172 valence electrons. The zero-order valence-electron chi connectivity index (χ0n) is 19.4. The summed E-state index contributed by atoms with van der Waals surface area (Å²) in [6.45, 7) is 12.9. The molecule has 31 heavy (non-hydrogen) atoms. The van der Waals surface area contributed by atoms with Crippen molar-refractivity contribution >= 4 is 14.1 Å². The molecule has 2 rings (SSSR count). The number of rotatable bonds is 11. The first-order valence-electron chi connectivity index (χ1n) is 10.5. The van der Waals surface area contributed by atoms with E-state index < -0.39 is 14.7 Å². The molecule has 0 bridgehead atoms. The van der Waals surface area contributed by atoms with E-state index in [1.807, 2.05) is 24.3 Å². The fourth-order valence-electron chi connectivity index (χ4n) is 2.79. The van der Waals surface area contributed by atoms with Gasteiger partial charge in [-0.25, -0.2) is 13.8 Å². The highest BCUT2D eigenvalue weighted by atomic mass is 28.4. The van der Waals surface area contributed by atoms with Crippen molar-refractivity contribution in [2.24, 2.45) is 0 Å². The van der Waals surface area contributed by atoms with Gasteiger partial charge in [-0.2, -0.15) is 0 Å². The summed E-state index contributed by atoms with van der Waals surface area (Å²) >= 11 is 0. The molecule has 0 amide bonds. The fourth-order valence-corrected chi connectivity index (χ4v) is 3.83. The lowest BCUT2D eigenvalue weighted by atomic mass is 10.1. The maximum Gasteiger partial charge on any atom is 0.264 e. The van der Waals surface area contributed by atoms with Gasteiger partial charge < -0.3 is 19.8 Å². The maximum absolute atomic E-state index is 13.6. The Morgan fingerprint density at radius 2 is 1.74 bits per heavy atom. The van der Waals surface area contributed by atoms with Crippen LogP contribution in [0.15, 0.2) is 36.5 Å². The summed E-state index contributed by atoms with van der Waals surface area (Å²) < 4.78 is 38.5. The van der Waals surface area contributed by atoms with Crippen molar-refractivity contribution in [1.82, 2.24) is 10.3 Å². The molecule has 0 saturated heterocycles. The molecule has 0 unspecified atom stereocenters. The molecule has 0 saturated carbocycles. The lowest BCUT2D eigenvalue weighted by molar-refractivity contribution is 0.150. The van der Waals surface area contributed by atoms with E-state index in [4.69, 9.17) is 9.16 Å². The predicted molar refractivity (Wildman–Crippen MR) is 124 cm³/mol. The smallest absolute Gasteiger partial charge is 0.264 e. The highest BCUT2D eigenvalue weighted by Crippen LogP contribution is 2.36. The van der Waals surface area contributed by atoms with Crippen LogP contribution in [0.4, 0.5) is 14.6 Å². The normalized spacial score (nSPS) is 12.3. The number of hydrogen-bond donors (Lipinski definition) is 2. The molecule has 0 aliphatic heterocycles. The van der Waals surface area contributed by atoms with E-state index in [1.165, 1.54) is 12.3 Å². The van der Waals surface area contributed by atoms with Crippen molar-refractivity contribution in [2.45, 2.75) is 58.4 Å². The van der Waals surface area contributed by atoms with E-state index in [9.17, 15) is 8.78 Å². The Morgan fingerprint density at radius 3 is 2.32 bits per heavy atom. The van der Waals surface area contributed by atoms with Crippen LogP contribution < -0.4 is 15.4 Å². The number of alkyl halides is 2. The van der Waals surface area contributed by atoms with E-state index >= 15 is 0 Å². The lowest BCUT2D eigenvalue weighted by Gasteiger charge is -2.36. The Bertz CT molecular complexity index is 825. The number of nitrogens with one attached hydrogen (secondary N) is 2. The summed E-state index contributed by atoms with van der Waals surface area (Å²) in [5.74, 6) is 1.23. The summed E-state index contributed by atoms with van der Waals surface area (Å²) in [5.41, 5.74) is 1.48. The first kappa shape index (κ1) is 25.2. The van der Waals surface area contributed by atoms with Crippen molar-refractivity contribution in [3.63, 3.8) is 0 Å². The third kappa shape index (κ3) is 7.26. The first-order chi connectivity index (χ1) is 14.5. The summed E-state index contributed by atoms with van der Waals surface area (Å²) in [6.07, 6.45) is -1.15. The van der Waals surface area contributed by atoms with Gasteiger partial charge in [-0.3, -0.25) is 0 Å². The molecule has 0 spiro atoms. The van der Waals surface area contributed by atoms with E-state index in [2.05, 4.69) is 49.5 Å². The average molecular weight is 452 g/mol. The van der Waals surface area contributed by atoms with Gasteiger partial charge in [0.15, 0.2) is 8.32 Å². The SMILES string of the molecule is COc1ccc(CNc2nccc(C(F)F)c2CNCCO[Si](C)(C)C(C)(C)C)cc1. The monoisotopic (exact) mass is 451 g/mol. The summed E-state index contributed by atoms with van der Waals surface area (Å²) in [4.78, 5) is 4.31. The molecule has 2 aromatic rings. The molecule has 0 aliphatic rings. The molecule has 0 atom stereocenters. The Balaban J connectivity index is 2.00. The minimum Gasteiger partial charge on any atom is -0.497 e. The Labute approximate surface area is 185 Å². The number of halogens is 2. The van der Waals surface area contributed by atoms with Gasteiger partial charge >= 0.3 is 0 Å². The molecule has 1 heterocycles. The molecule has 1 aromatic heterocycles. The van der Waals surface area contributed by atoms with Gasteiger partial charge in [-0.05, 0) is 41.9 Å². The Hall–Kier alpha value is -2.03. The highest BCUT2D eigenvalue weighted by molar-refractivity contribution is 6.74. The zero-order valence-corrected chi connectivity index (χ0v) is 20.4.